The van der Waals surface area contributed by atoms with E-state index in [0.29, 0.717) is 30.0 Å². The quantitative estimate of drug-likeness (QED) is 0.920. The molecule has 1 aliphatic heterocycles. The molecule has 2 aromatic rings. The molecular weight excluding hydrogens is 258 g/mol. The van der Waals surface area contributed by atoms with Crippen LogP contribution in [-0.2, 0) is 0 Å². The highest BCUT2D eigenvalue weighted by atomic mass is 16.6. The summed E-state index contributed by atoms with van der Waals surface area (Å²) in [5.74, 6) is 2.90. The first-order valence-electron chi connectivity index (χ1n) is 6.79. The van der Waals surface area contributed by atoms with E-state index < -0.39 is 0 Å². The van der Waals surface area contributed by atoms with Crippen LogP contribution in [0, 0.1) is 5.92 Å². The van der Waals surface area contributed by atoms with Crippen LogP contribution in [0.15, 0.2) is 28.8 Å². The zero-order valence-corrected chi connectivity index (χ0v) is 10.9. The first kappa shape index (κ1) is 11.7. The van der Waals surface area contributed by atoms with Gasteiger partial charge in [-0.05, 0) is 30.9 Å². The third-order valence-electron chi connectivity index (χ3n) is 3.67. The maximum absolute atomic E-state index is 6.05. The molecule has 1 fully saturated rings. The minimum absolute atomic E-state index is 0.159. The van der Waals surface area contributed by atoms with Crippen LogP contribution in [0.3, 0.4) is 0 Å². The monoisotopic (exact) mass is 273 g/mol. The van der Waals surface area contributed by atoms with Gasteiger partial charge in [-0.2, -0.15) is 4.98 Å². The second kappa shape index (κ2) is 4.49. The Balaban J connectivity index is 1.54. The predicted octanol–water partition coefficient (Wildman–Crippen LogP) is 1.99. The number of nitrogens with zero attached hydrogens (tertiary/aromatic N) is 2. The van der Waals surface area contributed by atoms with Gasteiger partial charge in [0, 0.05) is 0 Å². The predicted molar refractivity (Wildman–Crippen MR) is 69.3 cm³/mol. The number of fused-ring (bicyclic) bond motifs is 1. The lowest BCUT2D eigenvalue weighted by Crippen LogP contribution is -2.22. The molecule has 4 rings (SSSR count). The molecule has 6 heteroatoms. The summed E-state index contributed by atoms with van der Waals surface area (Å²) in [6, 6.07) is 7.38. The number of hydrogen-bond donors (Lipinski definition) is 1. The molecule has 0 amide bonds. The van der Waals surface area contributed by atoms with Crippen molar-refractivity contribution in [3.63, 3.8) is 0 Å². The average Bonchev–Trinajstić information content (AvgIpc) is 3.23. The lowest BCUT2D eigenvalue weighted by molar-refractivity contribution is 0.0832. The van der Waals surface area contributed by atoms with Crippen LogP contribution in [0.1, 0.15) is 36.7 Å². The molecule has 0 bridgehead atoms. The van der Waals surface area contributed by atoms with E-state index in [-0.39, 0.29) is 12.1 Å². The van der Waals surface area contributed by atoms with Crippen molar-refractivity contribution in [2.24, 2.45) is 11.7 Å². The molecule has 1 saturated carbocycles. The van der Waals surface area contributed by atoms with Crippen LogP contribution in [0.4, 0.5) is 0 Å². The smallest absolute Gasteiger partial charge is 0.243 e. The molecule has 2 aliphatic rings. The molecule has 1 aromatic carbocycles. The van der Waals surface area contributed by atoms with Crippen molar-refractivity contribution < 1.29 is 14.0 Å². The van der Waals surface area contributed by atoms with Gasteiger partial charge in [-0.1, -0.05) is 17.3 Å². The van der Waals surface area contributed by atoms with E-state index in [1.807, 2.05) is 24.3 Å². The number of ether oxygens (including phenoxy) is 2. The summed E-state index contributed by atoms with van der Waals surface area (Å²) in [6.07, 6.45) is 1.92. The van der Waals surface area contributed by atoms with Gasteiger partial charge >= 0.3 is 0 Å². The summed E-state index contributed by atoms with van der Waals surface area (Å²) in [5, 5.41) is 3.97. The lowest BCUT2D eigenvalue weighted by Gasteiger charge is -2.24. The lowest BCUT2D eigenvalue weighted by atomic mass is 10.2. The SMILES string of the molecule is NC(c1nc(C2COc3ccccc3O2)no1)C1CC1. The summed E-state index contributed by atoms with van der Waals surface area (Å²) in [7, 11) is 0. The van der Waals surface area contributed by atoms with Crippen LogP contribution in [-0.4, -0.2) is 16.7 Å². The highest BCUT2D eigenvalue weighted by molar-refractivity contribution is 5.40. The van der Waals surface area contributed by atoms with Crippen molar-refractivity contribution in [3.8, 4) is 11.5 Å². The van der Waals surface area contributed by atoms with Crippen LogP contribution in [0.5, 0.6) is 11.5 Å². The Hall–Kier alpha value is -2.08. The van der Waals surface area contributed by atoms with E-state index in [1.54, 1.807) is 0 Å². The Kier molecular flexibility index (Phi) is 2.63. The van der Waals surface area contributed by atoms with E-state index in [0.717, 1.165) is 18.6 Å². The summed E-state index contributed by atoms with van der Waals surface area (Å²) < 4.78 is 16.7. The topological polar surface area (TPSA) is 83.4 Å². The highest BCUT2D eigenvalue weighted by Crippen LogP contribution is 2.39. The number of nitrogens with two attached hydrogens (primary N) is 1. The molecule has 104 valence electrons. The fourth-order valence-electron chi connectivity index (χ4n) is 2.32. The zero-order valence-electron chi connectivity index (χ0n) is 10.9. The second-order valence-corrected chi connectivity index (χ2v) is 5.22. The minimum Gasteiger partial charge on any atom is -0.485 e. The van der Waals surface area contributed by atoms with Crippen LogP contribution >= 0.6 is 0 Å². The Bertz CT molecular complexity index is 624. The number of hydrogen-bond acceptors (Lipinski definition) is 6. The number of para-hydroxylation sites is 2. The summed E-state index contributed by atoms with van der Waals surface area (Å²) >= 11 is 0. The fraction of sp³-hybridized carbons (Fsp3) is 0.429. The molecule has 1 aliphatic carbocycles. The minimum atomic E-state index is -0.353. The molecule has 2 unspecified atom stereocenters. The van der Waals surface area contributed by atoms with Gasteiger partial charge in [0.15, 0.2) is 17.6 Å². The molecule has 2 heterocycles. The normalized spacial score (nSPS) is 22.6. The molecule has 6 nitrogen and oxygen atoms in total. The second-order valence-electron chi connectivity index (χ2n) is 5.22. The molecule has 2 N–H and O–H groups in total. The third-order valence-corrected chi connectivity index (χ3v) is 3.67. The fourth-order valence-corrected chi connectivity index (χ4v) is 2.32. The van der Waals surface area contributed by atoms with Crippen molar-refractivity contribution in [2.75, 3.05) is 6.61 Å². The standard InChI is InChI=1S/C14H15N3O3/c15-12(8-5-6-8)14-16-13(17-20-14)11-7-18-9-3-1-2-4-10(9)19-11/h1-4,8,11-12H,5-7,15H2. The number of rotatable bonds is 3. The van der Waals surface area contributed by atoms with Crippen LogP contribution in [0.25, 0.3) is 0 Å². The molecular formula is C14H15N3O3. The summed E-state index contributed by atoms with van der Waals surface area (Å²) in [4.78, 5) is 4.36. The van der Waals surface area contributed by atoms with Crippen molar-refractivity contribution in [1.82, 2.24) is 10.1 Å². The maximum Gasteiger partial charge on any atom is 0.243 e. The number of benzene rings is 1. The van der Waals surface area contributed by atoms with Gasteiger partial charge in [0.2, 0.25) is 11.7 Å². The maximum atomic E-state index is 6.05. The van der Waals surface area contributed by atoms with E-state index in [4.69, 9.17) is 19.7 Å². The highest BCUT2D eigenvalue weighted by Gasteiger charge is 2.34. The third kappa shape index (κ3) is 2.02. The summed E-state index contributed by atoms with van der Waals surface area (Å²) in [5.41, 5.74) is 6.05. The molecule has 0 radical (unpaired) electrons. The van der Waals surface area contributed by atoms with Gasteiger partial charge in [0.25, 0.3) is 0 Å². The van der Waals surface area contributed by atoms with Crippen molar-refractivity contribution in [2.45, 2.75) is 25.0 Å². The Morgan fingerprint density at radius 3 is 2.80 bits per heavy atom. The Labute approximate surface area is 115 Å². The van der Waals surface area contributed by atoms with Crippen molar-refractivity contribution in [1.29, 1.82) is 0 Å². The molecule has 0 saturated heterocycles. The molecule has 20 heavy (non-hydrogen) atoms. The average molecular weight is 273 g/mol. The first-order valence-corrected chi connectivity index (χ1v) is 6.79. The molecule has 2 atom stereocenters. The molecule has 0 spiro atoms. The largest absolute Gasteiger partial charge is 0.485 e. The first-order chi connectivity index (χ1) is 9.81. The van der Waals surface area contributed by atoms with Gasteiger partial charge in [0.05, 0.1) is 6.04 Å². The molecule has 1 aromatic heterocycles. The van der Waals surface area contributed by atoms with Gasteiger partial charge in [-0.25, -0.2) is 0 Å². The van der Waals surface area contributed by atoms with Crippen LogP contribution < -0.4 is 15.2 Å². The van der Waals surface area contributed by atoms with Crippen molar-refractivity contribution in [3.05, 3.63) is 36.0 Å². The van der Waals surface area contributed by atoms with E-state index in [2.05, 4.69) is 10.1 Å². The van der Waals surface area contributed by atoms with E-state index >= 15 is 0 Å². The van der Waals surface area contributed by atoms with Crippen molar-refractivity contribution >= 4 is 0 Å². The Morgan fingerprint density at radius 2 is 2.00 bits per heavy atom. The summed E-state index contributed by atoms with van der Waals surface area (Å²) in [6.45, 7) is 0.370. The van der Waals surface area contributed by atoms with Gasteiger partial charge in [-0.15, -0.1) is 0 Å². The van der Waals surface area contributed by atoms with E-state index in [9.17, 15) is 0 Å². The zero-order chi connectivity index (χ0) is 13.5. The van der Waals surface area contributed by atoms with Crippen LogP contribution in [0.2, 0.25) is 0 Å². The van der Waals surface area contributed by atoms with E-state index in [1.165, 1.54) is 0 Å². The van der Waals surface area contributed by atoms with Gasteiger partial charge < -0.3 is 19.7 Å². The Morgan fingerprint density at radius 1 is 1.20 bits per heavy atom. The van der Waals surface area contributed by atoms with Gasteiger partial charge in [-0.3, -0.25) is 0 Å². The number of aromatic nitrogens is 2. The van der Waals surface area contributed by atoms with Gasteiger partial charge in [0.1, 0.15) is 6.61 Å².